The predicted octanol–water partition coefficient (Wildman–Crippen LogP) is 3.15. The molecule has 23 heavy (non-hydrogen) atoms. The van der Waals surface area contributed by atoms with Gasteiger partial charge in [-0.25, -0.2) is 9.97 Å². The number of hydrogen-bond acceptors (Lipinski definition) is 7. The lowest BCUT2D eigenvalue weighted by molar-refractivity contribution is 0.197. The van der Waals surface area contributed by atoms with Gasteiger partial charge >= 0.3 is 0 Å². The summed E-state index contributed by atoms with van der Waals surface area (Å²) in [5.41, 5.74) is 2.20. The van der Waals surface area contributed by atoms with Crippen LogP contribution in [0.3, 0.4) is 0 Å². The van der Waals surface area contributed by atoms with Gasteiger partial charge in [-0.2, -0.15) is 0 Å². The van der Waals surface area contributed by atoms with Gasteiger partial charge in [-0.3, -0.25) is 0 Å². The van der Waals surface area contributed by atoms with E-state index in [-0.39, 0.29) is 0 Å². The lowest BCUT2D eigenvalue weighted by atomic mass is 10.1. The van der Waals surface area contributed by atoms with Crippen molar-refractivity contribution in [1.82, 2.24) is 15.1 Å². The summed E-state index contributed by atoms with van der Waals surface area (Å²) in [5.74, 6) is 1.80. The van der Waals surface area contributed by atoms with Crippen molar-refractivity contribution >= 4 is 5.95 Å². The molecular formula is C16H18N4O3. The third kappa shape index (κ3) is 3.57. The molecule has 120 valence electrons. The highest BCUT2D eigenvalue weighted by molar-refractivity contribution is 5.75. The number of hydrogen-bond donors (Lipinski definition) is 1. The third-order valence-electron chi connectivity index (χ3n) is 3.25. The molecule has 0 amide bonds. The Balaban J connectivity index is 1.90. The van der Waals surface area contributed by atoms with Gasteiger partial charge in [0.15, 0.2) is 11.5 Å². The van der Waals surface area contributed by atoms with Crippen LogP contribution in [0.15, 0.2) is 39.6 Å². The number of ether oxygens (including phenoxy) is 1. The standard InChI is InChI=1S/C16H18N4O3/c1-11-9-14(23-20-11)12-10-18-16(17-6-4-7-21-2)19-15(12)13-5-3-8-22-13/h3,5,8-10H,4,6-7H2,1-2H3,(H,17,18,19). The number of nitrogens with one attached hydrogen (secondary N) is 1. The highest BCUT2D eigenvalue weighted by Crippen LogP contribution is 2.31. The van der Waals surface area contributed by atoms with Gasteiger partial charge in [0.2, 0.25) is 5.95 Å². The fourth-order valence-electron chi connectivity index (χ4n) is 2.16. The largest absolute Gasteiger partial charge is 0.463 e. The molecule has 7 nitrogen and oxygen atoms in total. The summed E-state index contributed by atoms with van der Waals surface area (Å²) in [6.45, 7) is 3.28. The van der Waals surface area contributed by atoms with Crippen LogP contribution >= 0.6 is 0 Å². The minimum absolute atomic E-state index is 0.535. The van der Waals surface area contributed by atoms with Crippen molar-refractivity contribution in [2.45, 2.75) is 13.3 Å². The molecule has 0 aliphatic carbocycles. The molecule has 1 N–H and O–H groups in total. The molecule has 3 rings (SSSR count). The zero-order valence-corrected chi connectivity index (χ0v) is 13.1. The maximum Gasteiger partial charge on any atom is 0.223 e. The quantitative estimate of drug-likeness (QED) is 0.670. The van der Waals surface area contributed by atoms with Gasteiger partial charge in [0.25, 0.3) is 0 Å². The average molecular weight is 314 g/mol. The van der Waals surface area contributed by atoms with Crippen LogP contribution in [0.4, 0.5) is 5.95 Å². The second kappa shape index (κ2) is 7.06. The van der Waals surface area contributed by atoms with Crippen LogP contribution in [0, 0.1) is 6.92 Å². The van der Waals surface area contributed by atoms with Crippen molar-refractivity contribution in [3.8, 4) is 22.8 Å². The summed E-state index contributed by atoms with van der Waals surface area (Å²) < 4.78 is 15.8. The molecule has 0 saturated heterocycles. The van der Waals surface area contributed by atoms with E-state index in [4.69, 9.17) is 13.7 Å². The van der Waals surface area contributed by atoms with Gasteiger partial charge < -0.3 is 19.0 Å². The summed E-state index contributed by atoms with van der Waals surface area (Å²) in [6.07, 6.45) is 4.20. The number of furan rings is 1. The Kier molecular flexibility index (Phi) is 4.68. The number of aromatic nitrogens is 3. The SMILES string of the molecule is COCCCNc1ncc(-c2cc(C)no2)c(-c2ccco2)n1. The van der Waals surface area contributed by atoms with E-state index in [0.717, 1.165) is 24.2 Å². The molecule has 0 spiro atoms. The van der Waals surface area contributed by atoms with Crippen molar-refractivity contribution in [2.24, 2.45) is 0 Å². The van der Waals surface area contributed by atoms with Crippen LogP contribution in [0.5, 0.6) is 0 Å². The number of nitrogens with zero attached hydrogens (tertiary/aromatic N) is 3. The van der Waals surface area contributed by atoms with Gasteiger partial charge in [-0.05, 0) is 25.5 Å². The zero-order chi connectivity index (χ0) is 16.1. The molecule has 0 aliphatic heterocycles. The van der Waals surface area contributed by atoms with E-state index in [1.54, 1.807) is 19.6 Å². The Morgan fingerprint density at radius 2 is 2.22 bits per heavy atom. The highest BCUT2D eigenvalue weighted by atomic mass is 16.5. The van der Waals surface area contributed by atoms with E-state index in [2.05, 4.69) is 20.4 Å². The molecule has 0 atom stereocenters. The number of rotatable bonds is 7. The Bertz CT molecular complexity index is 753. The molecule has 0 fully saturated rings. The number of anilines is 1. The smallest absolute Gasteiger partial charge is 0.223 e. The monoisotopic (exact) mass is 314 g/mol. The Hall–Kier alpha value is -2.67. The van der Waals surface area contributed by atoms with Crippen LogP contribution in [0.1, 0.15) is 12.1 Å². The van der Waals surface area contributed by atoms with Gasteiger partial charge in [0.05, 0.1) is 17.5 Å². The third-order valence-corrected chi connectivity index (χ3v) is 3.25. The minimum Gasteiger partial charge on any atom is -0.463 e. The summed E-state index contributed by atoms with van der Waals surface area (Å²) in [7, 11) is 1.68. The van der Waals surface area contributed by atoms with Gasteiger partial charge in [0, 0.05) is 32.5 Å². The van der Waals surface area contributed by atoms with E-state index in [1.807, 2.05) is 25.1 Å². The normalized spacial score (nSPS) is 10.9. The van der Waals surface area contributed by atoms with Crippen molar-refractivity contribution in [2.75, 3.05) is 25.6 Å². The Morgan fingerprint density at radius 3 is 2.91 bits per heavy atom. The molecule has 3 heterocycles. The number of methoxy groups -OCH3 is 1. The zero-order valence-electron chi connectivity index (χ0n) is 13.1. The summed E-state index contributed by atoms with van der Waals surface area (Å²) in [6, 6.07) is 5.51. The first-order valence-corrected chi connectivity index (χ1v) is 7.35. The van der Waals surface area contributed by atoms with Crippen LogP contribution in [0.2, 0.25) is 0 Å². The van der Waals surface area contributed by atoms with Gasteiger partial charge in [-0.1, -0.05) is 5.16 Å². The summed E-state index contributed by atoms with van der Waals surface area (Å²) in [4.78, 5) is 8.89. The molecule has 0 unspecified atom stereocenters. The van der Waals surface area contributed by atoms with Crippen molar-refractivity contribution in [3.63, 3.8) is 0 Å². The molecule has 0 aromatic carbocycles. The maximum absolute atomic E-state index is 5.49. The minimum atomic E-state index is 0.535. The molecule has 0 radical (unpaired) electrons. The van der Waals surface area contributed by atoms with Crippen LogP contribution < -0.4 is 5.32 Å². The lowest BCUT2D eigenvalue weighted by Crippen LogP contribution is -2.08. The fraction of sp³-hybridized carbons (Fsp3) is 0.312. The van der Waals surface area contributed by atoms with Crippen molar-refractivity contribution < 1.29 is 13.7 Å². The molecule has 7 heteroatoms. The average Bonchev–Trinajstić information content (AvgIpc) is 3.23. The molecule has 3 aromatic heterocycles. The second-order valence-corrected chi connectivity index (χ2v) is 5.04. The summed E-state index contributed by atoms with van der Waals surface area (Å²) in [5, 5.41) is 7.09. The second-order valence-electron chi connectivity index (χ2n) is 5.04. The first kappa shape index (κ1) is 15.2. The van der Waals surface area contributed by atoms with Crippen LogP contribution in [-0.4, -0.2) is 35.4 Å². The van der Waals surface area contributed by atoms with E-state index < -0.39 is 0 Å². The maximum atomic E-state index is 5.49. The van der Waals surface area contributed by atoms with Crippen molar-refractivity contribution in [1.29, 1.82) is 0 Å². The van der Waals surface area contributed by atoms with E-state index in [0.29, 0.717) is 29.8 Å². The summed E-state index contributed by atoms with van der Waals surface area (Å²) >= 11 is 0. The fourth-order valence-corrected chi connectivity index (χ4v) is 2.16. The molecule has 0 bridgehead atoms. The van der Waals surface area contributed by atoms with E-state index in [1.165, 1.54) is 0 Å². The predicted molar refractivity (Wildman–Crippen MR) is 85.0 cm³/mol. The molecule has 0 aliphatic rings. The Labute approximate surface area is 133 Å². The van der Waals surface area contributed by atoms with Gasteiger partial charge in [-0.15, -0.1) is 0 Å². The van der Waals surface area contributed by atoms with Crippen molar-refractivity contribution in [3.05, 3.63) is 36.4 Å². The topological polar surface area (TPSA) is 86.2 Å². The number of aryl methyl sites for hydroxylation is 1. The Morgan fingerprint density at radius 1 is 1.30 bits per heavy atom. The first-order chi connectivity index (χ1) is 11.3. The molecular weight excluding hydrogens is 296 g/mol. The molecule has 0 saturated carbocycles. The molecule has 3 aromatic rings. The first-order valence-electron chi connectivity index (χ1n) is 7.35. The van der Waals surface area contributed by atoms with Gasteiger partial charge in [0.1, 0.15) is 5.69 Å². The van der Waals surface area contributed by atoms with E-state index >= 15 is 0 Å². The van der Waals surface area contributed by atoms with Crippen LogP contribution in [-0.2, 0) is 4.74 Å². The van der Waals surface area contributed by atoms with E-state index in [9.17, 15) is 0 Å². The van der Waals surface area contributed by atoms with Crippen LogP contribution in [0.25, 0.3) is 22.8 Å². The lowest BCUT2D eigenvalue weighted by Gasteiger charge is -2.08. The highest BCUT2D eigenvalue weighted by Gasteiger charge is 2.17.